The van der Waals surface area contributed by atoms with Gasteiger partial charge in [-0.15, -0.1) is 11.3 Å². The Kier molecular flexibility index (Phi) is 3.76. The van der Waals surface area contributed by atoms with Crippen LogP contribution in [0.5, 0.6) is 0 Å². The van der Waals surface area contributed by atoms with Crippen molar-refractivity contribution in [3.63, 3.8) is 0 Å². The third-order valence-corrected chi connectivity index (χ3v) is 5.83. The van der Waals surface area contributed by atoms with Gasteiger partial charge in [0.2, 0.25) is 0 Å². The Balaban J connectivity index is 1.73. The van der Waals surface area contributed by atoms with Crippen molar-refractivity contribution in [3.8, 4) is 0 Å². The van der Waals surface area contributed by atoms with E-state index in [1.807, 2.05) is 0 Å². The highest BCUT2D eigenvalue weighted by Gasteiger charge is 2.22. The van der Waals surface area contributed by atoms with Crippen LogP contribution in [-0.4, -0.2) is 0 Å². The van der Waals surface area contributed by atoms with Gasteiger partial charge < -0.3 is 5.32 Å². The lowest BCUT2D eigenvalue weighted by atomic mass is 9.94. The zero-order valence-corrected chi connectivity index (χ0v) is 12.7. The first-order valence-electron chi connectivity index (χ1n) is 6.27. The normalized spacial score (nSPS) is 18.9. The van der Waals surface area contributed by atoms with E-state index < -0.39 is 0 Å². The van der Waals surface area contributed by atoms with E-state index in [0.717, 1.165) is 10.9 Å². The minimum Gasteiger partial charge on any atom is -0.306 e. The molecule has 2 heterocycles. The van der Waals surface area contributed by atoms with Crippen LogP contribution in [0.3, 0.4) is 0 Å². The van der Waals surface area contributed by atoms with Crippen LogP contribution >= 0.6 is 34.3 Å². The third-order valence-electron chi connectivity index (χ3n) is 3.58. The molecule has 2 aromatic rings. The SMILES string of the molecule is Cc1cscc1CNC1CCCc2sc(Cl)cc21. The molecule has 1 N–H and O–H groups in total. The first kappa shape index (κ1) is 12.7. The quantitative estimate of drug-likeness (QED) is 0.846. The zero-order valence-electron chi connectivity index (χ0n) is 10.3. The summed E-state index contributed by atoms with van der Waals surface area (Å²) in [6, 6.07) is 2.63. The molecule has 1 unspecified atom stereocenters. The maximum absolute atomic E-state index is 6.13. The lowest BCUT2D eigenvalue weighted by Gasteiger charge is -2.23. The number of aryl methyl sites for hydroxylation is 2. The largest absolute Gasteiger partial charge is 0.306 e. The summed E-state index contributed by atoms with van der Waals surface area (Å²) in [5, 5.41) is 8.14. The van der Waals surface area contributed by atoms with Crippen molar-refractivity contribution >= 4 is 34.3 Å². The second kappa shape index (κ2) is 5.33. The molecule has 0 saturated carbocycles. The van der Waals surface area contributed by atoms with Crippen LogP contribution in [0.1, 0.15) is 40.5 Å². The third kappa shape index (κ3) is 2.50. The molecule has 0 radical (unpaired) electrons. The summed E-state index contributed by atoms with van der Waals surface area (Å²) in [4.78, 5) is 1.48. The average Bonchev–Trinajstić information content (AvgIpc) is 2.91. The van der Waals surface area contributed by atoms with Gasteiger partial charge in [-0.1, -0.05) is 11.6 Å². The van der Waals surface area contributed by atoms with Crippen LogP contribution < -0.4 is 5.32 Å². The Morgan fingerprint density at radius 2 is 2.33 bits per heavy atom. The summed E-state index contributed by atoms with van der Waals surface area (Å²) in [6.45, 7) is 3.15. The molecule has 2 aromatic heterocycles. The number of hydrogen-bond acceptors (Lipinski definition) is 3. The van der Waals surface area contributed by atoms with Crippen molar-refractivity contribution in [2.45, 2.75) is 38.8 Å². The molecule has 1 atom stereocenters. The number of rotatable bonds is 3. The van der Waals surface area contributed by atoms with Gasteiger partial charge in [0.1, 0.15) is 0 Å². The van der Waals surface area contributed by atoms with Crippen LogP contribution in [0.15, 0.2) is 16.8 Å². The fraction of sp³-hybridized carbons (Fsp3) is 0.429. The highest BCUT2D eigenvalue weighted by molar-refractivity contribution is 7.16. The molecule has 18 heavy (non-hydrogen) atoms. The van der Waals surface area contributed by atoms with E-state index in [2.05, 4.69) is 29.1 Å². The molecule has 96 valence electrons. The van der Waals surface area contributed by atoms with Gasteiger partial charge in [0, 0.05) is 17.5 Å². The van der Waals surface area contributed by atoms with E-state index in [9.17, 15) is 0 Å². The van der Waals surface area contributed by atoms with Gasteiger partial charge in [-0.3, -0.25) is 0 Å². The summed E-state index contributed by atoms with van der Waals surface area (Å²) in [6.07, 6.45) is 3.69. The summed E-state index contributed by atoms with van der Waals surface area (Å²) in [7, 11) is 0. The highest BCUT2D eigenvalue weighted by Crippen LogP contribution is 2.37. The Bertz CT molecular complexity index is 544. The predicted molar refractivity (Wildman–Crippen MR) is 80.9 cm³/mol. The number of halogens is 1. The van der Waals surface area contributed by atoms with Gasteiger partial charge in [0.25, 0.3) is 0 Å². The molecule has 0 amide bonds. The molecule has 4 heteroatoms. The van der Waals surface area contributed by atoms with Gasteiger partial charge in [-0.05, 0) is 59.7 Å². The summed E-state index contributed by atoms with van der Waals surface area (Å²) < 4.78 is 0.931. The second-order valence-corrected chi connectivity index (χ2v) is 7.35. The Morgan fingerprint density at radius 1 is 1.44 bits per heavy atom. The number of nitrogens with one attached hydrogen (secondary N) is 1. The number of thiophene rings is 2. The van der Waals surface area contributed by atoms with E-state index in [1.54, 1.807) is 22.7 Å². The molecule has 0 spiro atoms. The summed E-state index contributed by atoms with van der Waals surface area (Å²) >= 11 is 9.66. The minimum atomic E-state index is 0.483. The van der Waals surface area contributed by atoms with Crippen LogP contribution in [0.25, 0.3) is 0 Å². The van der Waals surface area contributed by atoms with Gasteiger partial charge in [0.15, 0.2) is 0 Å². The Hall–Kier alpha value is -0.350. The van der Waals surface area contributed by atoms with Crippen molar-refractivity contribution in [3.05, 3.63) is 42.7 Å². The van der Waals surface area contributed by atoms with Crippen LogP contribution in [0.4, 0.5) is 0 Å². The maximum Gasteiger partial charge on any atom is 0.0934 e. The highest BCUT2D eigenvalue weighted by atomic mass is 35.5. The lowest BCUT2D eigenvalue weighted by Crippen LogP contribution is -2.23. The average molecular weight is 298 g/mol. The number of fused-ring (bicyclic) bond motifs is 1. The Labute approximate surface area is 121 Å². The smallest absolute Gasteiger partial charge is 0.0934 e. The van der Waals surface area contributed by atoms with Gasteiger partial charge >= 0.3 is 0 Å². The molecule has 0 aromatic carbocycles. The van der Waals surface area contributed by atoms with E-state index in [-0.39, 0.29) is 0 Å². The molecule has 0 bridgehead atoms. The monoisotopic (exact) mass is 297 g/mol. The molecule has 0 aliphatic heterocycles. The van der Waals surface area contributed by atoms with Gasteiger partial charge in [0.05, 0.1) is 4.34 Å². The fourth-order valence-electron chi connectivity index (χ4n) is 2.53. The topological polar surface area (TPSA) is 12.0 Å². The van der Waals surface area contributed by atoms with Crippen molar-refractivity contribution in [2.24, 2.45) is 0 Å². The van der Waals surface area contributed by atoms with E-state index in [4.69, 9.17) is 11.6 Å². The molecular weight excluding hydrogens is 282 g/mol. The van der Waals surface area contributed by atoms with Crippen molar-refractivity contribution in [1.29, 1.82) is 0 Å². The van der Waals surface area contributed by atoms with Crippen LogP contribution in [-0.2, 0) is 13.0 Å². The predicted octanol–water partition coefficient (Wildman–Crippen LogP) is 4.94. The standard InChI is InChI=1S/C14H16ClNS2/c1-9-7-17-8-10(9)6-16-12-3-2-4-13-11(12)5-14(15)18-13/h5,7-8,12,16H,2-4,6H2,1H3. The van der Waals surface area contributed by atoms with E-state index in [1.165, 1.54) is 40.8 Å². The summed E-state index contributed by atoms with van der Waals surface area (Å²) in [5.41, 5.74) is 4.25. The van der Waals surface area contributed by atoms with Crippen LogP contribution in [0, 0.1) is 6.92 Å². The first-order chi connectivity index (χ1) is 8.74. The molecule has 0 saturated heterocycles. The zero-order chi connectivity index (χ0) is 12.5. The minimum absolute atomic E-state index is 0.483. The van der Waals surface area contributed by atoms with Gasteiger partial charge in [-0.25, -0.2) is 0 Å². The van der Waals surface area contributed by atoms with Crippen molar-refractivity contribution in [2.75, 3.05) is 0 Å². The molecule has 3 rings (SSSR count). The van der Waals surface area contributed by atoms with E-state index in [0.29, 0.717) is 6.04 Å². The van der Waals surface area contributed by atoms with Gasteiger partial charge in [-0.2, -0.15) is 11.3 Å². The maximum atomic E-state index is 6.13. The molecule has 1 nitrogen and oxygen atoms in total. The lowest BCUT2D eigenvalue weighted by molar-refractivity contribution is 0.463. The fourth-order valence-corrected chi connectivity index (χ4v) is 4.78. The Morgan fingerprint density at radius 3 is 3.11 bits per heavy atom. The van der Waals surface area contributed by atoms with Crippen molar-refractivity contribution in [1.82, 2.24) is 5.32 Å². The molecular formula is C14H16ClNS2. The second-order valence-electron chi connectivity index (χ2n) is 4.83. The van der Waals surface area contributed by atoms with Crippen molar-refractivity contribution < 1.29 is 0 Å². The summed E-state index contributed by atoms with van der Waals surface area (Å²) in [5.74, 6) is 0. The van der Waals surface area contributed by atoms with Crippen LogP contribution in [0.2, 0.25) is 4.34 Å². The first-order valence-corrected chi connectivity index (χ1v) is 8.41. The molecule has 1 aliphatic carbocycles. The van der Waals surface area contributed by atoms with E-state index >= 15 is 0 Å². The molecule has 0 fully saturated rings. The molecule has 1 aliphatic rings. The number of hydrogen-bond donors (Lipinski definition) is 1.